The molecule has 2 N–H and O–H groups in total. The van der Waals surface area contributed by atoms with Crippen molar-refractivity contribution in [3.63, 3.8) is 0 Å². The Bertz CT molecular complexity index is 80.9. The van der Waals surface area contributed by atoms with Crippen molar-refractivity contribution in [3.05, 3.63) is 6.42 Å². The van der Waals surface area contributed by atoms with Crippen molar-refractivity contribution in [1.82, 2.24) is 0 Å². The first kappa shape index (κ1) is 7.52. The Morgan fingerprint density at radius 3 is 2.75 bits per heavy atom. The molecule has 1 radical (unpaired) electrons. The summed E-state index contributed by atoms with van der Waals surface area (Å²) < 4.78 is 0. The molecule has 0 spiro atoms. The molecule has 1 atom stereocenters. The molecule has 0 bridgehead atoms. The summed E-state index contributed by atoms with van der Waals surface area (Å²) >= 11 is 0. The van der Waals surface area contributed by atoms with Gasteiger partial charge in [0, 0.05) is 0 Å². The number of unbranched alkanes of at least 4 members (excludes halogenated alkanes) is 1. The van der Waals surface area contributed by atoms with Crippen molar-refractivity contribution in [3.8, 4) is 5.92 Å². The average Bonchev–Trinajstić information content (AvgIpc) is 1.83. The molecule has 0 rings (SSSR count). The van der Waals surface area contributed by atoms with Gasteiger partial charge in [-0.2, -0.15) is 0 Å². The third-order valence-corrected chi connectivity index (χ3v) is 1.05. The standard InChI is InChI=1S/C7H12N/c1-3-5-6-7(8)4-2/h7H,3,5-6,8H2,1H3. The van der Waals surface area contributed by atoms with E-state index in [2.05, 4.69) is 12.8 Å². The molecule has 0 fully saturated rings. The highest BCUT2D eigenvalue weighted by Crippen LogP contribution is 1.95. The minimum Gasteiger partial charge on any atom is -0.318 e. The smallest absolute Gasteiger partial charge is 0.0674 e. The van der Waals surface area contributed by atoms with Gasteiger partial charge < -0.3 is 5.73 Å². The highest BCUT2D eigenvalue weighted by atomic mass is 14.6. The Morgan fingerprint density at radius 1 is 1.75 bits per heavy atom. The van der Waals surface area contributed by atoms with E-state index in [4.69, 9.17) is 12.2 Å². The lowest BCUT2D eigenvalue weighted by Gasteiger charge is -1.98. The summed E-state index contributed by atoms with van der Waals surface area (Å²) in [5.41, 5.74) is 5.36. The predicted molar refractivity (Wildman–Crippen MR) is 34.6 cm³/mol. The van der Waals surface area contributed by atoms with Gasteiger partial charge in [-0.1, -0.05) is 25.7 Å². The average molecular weight is 110 g/mol. The Labute approximate surface area is 51.3 Å². The molecule has 0 heterocycles. The van der Waals surface area contributed by atoms with Crippen molar-refractivity contribution in [1.29, 1.82) is 0 Å². The van der Waals surface area contributed by atoms with Crippen LogP contribution in [0.4, 0.5) is 0 Å². The minimum absolute atomic E-state index is 0.130. The molecule has 0 amide bonds. The first-order chi connectivity index (χ1) is 3.81. The lowest BCUT2D eigenvalue weighted by molar-refractivity contribution is 0.667. The van der Waals surface area contributed by atoms with Crippen LogP contribution in [0.5, 0.6) is 0 Å². The van der Waals surface area contributed by atoms with Crippen LogP contribution >= 0.6 is 0 Å². The third kappa shape index (κ3) is 3.70. The van der Waals surface area contributed by atoms with Crippen LogP contribution in [0.25, 0.3) is 0 Å². The van der Waals surface area contributed by atoms with Crippen molar-refractivity contribution in [2.24, 2.45) is 5.73 Å². The Morgan fingerprint density at radius 2 is 2.38 bits per heavy atom. The van der Waals surface area contributed by atoms with Gasteiger partial charge in [0.2, 0.25) is 0 Å². The molecule has 1 heteroatoms. The Hall–Kier alpha value is -0.480. The summed E-state index contributed by atoms with van der Waals surface area (Å²) in [6.07, 6.45) is 9.77. The zero-order valence-corrected chi connectivity index (χ0v) is 5.28. The number of rotatable bonds is 3. The van der Waals surface area contributed by atoms with E-state index in [-0.39, 0.29) is 6.04 Å². The third-order valence-electron chi connectivity index (χ3n) is 1.05. The fourth-order valence-corrected chi connectivity index (χ4v) is 0.496. The fraction of sp³-hybridized carbons (Fsp3) is 0.714. The van der Waals surface area contributed by atoms with Crippen LogP contribution in [-0.4, -0.2) is 6.04 Å². The normalized spacial score (nSPS) is 12.6. The van der Waals surface area contributed by atoms with Crippen molar-refractivity contribution < 1.29 is 0 Å². The molecular weight excluding hydrogens is 98.1 g/mol. The van der Waals surface area contributed by atoms with Crippen LogP contribution in [0, 0.1) is 12.3 Å². The summed E-state index contributed by atoms with van der Waals surface area (Å²) in [6.45, 7) is 2.11. The molecule has 0 aromatic heterocycles. The zero-order chi connectivity index (χ0) is 6.41. The minimum atomic E-state index is -0.130. The summed E-state index contributed by atoms with van der Waals surface area (Å²) in [5, 5.41) is 0. The summed E-state index contributed by atoms with van der Waals surface area (Å²) in [7, 11) is 0. The van der Waals surface area contributed by atoms with E-state index < -0.39 is 0 Å². The lowest BCUT2D eigenvalue weighted by Crippen LogP contribution is -2.16. The van der Waals surface area contributed by atoms with E-state index in [0.29, 0.717) is 0 Å². The second kappa shape index (κ2) is 4.67. The summed E-state index contributed by atoms with van der Waals surface area (Å²) in [5.74, 6) is 2.23. The monoisotopic (exact) mass is 110 g/mol. The van der Waals surface area contributed by atoms with Crippen molar-refractivity contribution in [2.45, 2.75) is 32.2 Å². The maximum Gasteiger partial charge on any atom is 0.0674 e. The van der Waals surface area contributed by atoms with Gasteiger partial charge in [0.05, 0.1) is 6.04 Å². The van der Waals surface area contributed by atoms with Crippen LogP contribution in [0.1, 0.15) is 26.2 Å². The van der Waals surface area contributed by atoms with Crippen LogP contribution in [0.2, 0.25) is 0 Å². The maximum absolute atomic E-state index is 6.61. The number of nitrogens with two attached hydrogens (primary N) is 1. The van der Waals surface area contributed by atoms with Crippen LogP contribution in [0.15, 0.2) is 0 Å². The highest BCUT2D eigenvalue weighted by molar-refractivity contribution is 4.90. The molecule has 45 valence electrons. The van der Waals surface area contributed by atoms with Gasteiger partial charge in [0.25, 0.3) is 0 Å². The van der Waals surface area contributed by atoms with Crippen molar-refractivity contribution in [2.75, 3.05) is 0 Å². The molecule has 8 heavy (non-hydrogen) atoms. The number of hydrogen-bond acceptors (Lipinski definition) is 1. The van der Waals surface area contributed by atoms with Crippen LogP contribution in [-0.2, 0) is 0 Å². The molecule has 0 saturated carbocycles. The second-order valence-electron chi connectivity index (χ2n) is 1.89. The Balaban J connectivity index is 3.02. The fourth-order valence-electron chi connectivity index (χ4n) is 0.496. The second-order valence-corrected chi connectivity index (χ2v) is 1.89. The van der Waals surface area contributed by atoms with Gasteiger partial charge in [-0.05, 0) is 12.8 Å². The van der Waals surface area contributed by atoms with E-state index in [1.807, 2.05) is 0 Å². The van der Waals surface area contributed by atoms with E-state index in [1.54, 1.807) is 0 Å². The SMILES string of the molecule is [C]#CC(N)CCCC. The Kier molecular flexibility index (Phi) is 4.39. The van der Waals surface area contributed by atoms with Crippen molar-refractivity contribution >= 4 is 0 Å². The van der Waals surface area contributed by atoms with Gasteiger partial charge in [0.1, 0.15) is 0 Å². The molecular formula is C7H12N. The lowest BCUT2D eigenvalue weighted by atomic mass is 10.1. The maximum atomic E-state index is 6.61. The van der Waals surface area contributed by atoms with Gasteiger partial charge in [0.15, 0.2) is 0 Å². The first-order valence-corrected chi connectivity index (χ1v) is 2.99. The zero-order valence-electron chi connectivity index (χ0n) is 5.28. The molecule has 0 aromatic rings. The molecule has 0 saturated heterocycles. The largest absolute Gasteiger partial charge is 0.318 e. The van der Waals surface area contributed by atoms with Gasteiger partial charge in [-0.25, -0.2) is 0 Å². The molecule has 0 aliphatic carbocycles. The molecule has 1 unspecified atom stereocenters. The van der Waals surface area contributed by atoms with E-state index >= 15 is 0 Å². The highest BCUT2D eigenvalue weighted by Gasteiger charge is 1.92. The molecule has 0 aliphatic heterocycles. The van der Waals surface area contributed by atoms with Gasteiger partial charge in [-0.3, -0.25) is 0 Å². The summed E-state index contributed by atoms with van der Waals surface area (Å²) in [4.78, 5) is 0. The van der Waals surface area contributed by atoms with E-state index in [9.17, 15) is 0 Å². The first-order valence-electron chi connectivity index (χ1n) is 2.99. The molecule has 0 aliphatic rings. The number of hydrogen-bond donors (Lipinski definition) is 1. The van der Waals surface area contributed by atoms with Crippen LogP contribution in [0.3, 0.4) is 0 Å². The van der Waals surface area contributed by atoms with Gasteiger partial charge >= 0.3 is 0 Å². The summed E-state index contributed by atoms with van der Waals surface area (Å²) in [6, 6.07) is -0.130. The van der Waals surface area contributed by atoms with Crippen LogP contribution < -0.4 is 5.73 Å². The molecule has 0 aromatic carbocycles. The predicted octanol–water partition coefficient (Wildman–Crippen LogP) is 1.09. The van der Waals surface area contributed by atoms with E-state index in [1.165, 1.54) is 0 Å². The quantitative estimate of drug-likeness (QED) is 0.541. The molecule has 1 nitrogen and oxygen atoms in total. The van der Waals surface area contributed by atoms with Gasteiger partial charge in [-0.15, -0.1) is 0 Å². The topological polar surface area (TPSA) is 26.0 Å². The van der Waals surface area contributed by atoms with E-state index in [0.717, 1.165) is 19.3 Å².